The largest absolute Gasteiger partial charge is 0.476 e. The third-order valence-corrected chi connectivity index (χ3v) is 3.41. The Kier molecular flexibility index (Phi) is 2.69. The van der Waals surface area contributed by atoms with Gasteiger partial charge in [0, 0.05) is 6.04 Å². The molecule has 0 aromatic heterocycles. The van der Waals surface area contributed by atoms with Gasteiger partial charge in [0.15, 0.2) is 4.93 Å². The van der Waals surface area contributed by atoms with Gasteiger partial charge in [0.05, 0.1) is 4.90 Å². The van der Waals surface area contributed by atoms with E-state index in [0.717, 1.165) is 12.2 Å². The summed E-state index contributed by atoms with van der Waals surface area (Å²) in [5, 5.41) is 0. The topological polar surface area (TPSA) is 35.2 Å². The van der Waals surface area contributed by atoms with Crippen LogP contribution in [0.2, 0.25) is 0 Å². The van der Waals surface area contributed by atoms with Crippen molar-refractivity contribution in [1.82, 2.24) is 0 Å². The summed E-state index contributed by atoms with van der Waals surface area (Å²) in [5.41, 5.74) is 7.03. The zero-order valence-electron chi connectivity index (χ0n) is 9.41. The number of thioether (sulfide) groups is 1. The third-order valence-electron chi connectivity index (χ3n) is 2.28. The minimum Gasteiger partial charge on any atom is -0.476 e. The highest BCUT2D eigenvalue weighted by atomic mass is 32.2. The van der Waals surface area contributed by atoms with E-state index in [2.05, 4.69) is 32.0 Å². The number of nitrogens with two attached hydrogens (primary N) is 1. The Morgan fingerprint density at radius 2 is 2.20 bits per heavy atom. The van der Waals surface area contributed by atoms with Crippen molar-refractivity contribution < 1.29 is 4.74 Å². The van der Waals surface area contributed by atoms with Gasteiger partial charge in [0.1, 0.15) is 5.75 Å². The zero-order chi connectivity index (χ0) is 11.1. The van der Waals surface area contributed by atoms with Crippen LogP contribution in [-0.4, -0.2) is 11.0 Å². The standard InChI is InChI=1S/C12H17NOS/c1-8(13)6-9-4-5-11-10(7-9)14-12(2,3)15-11/h4-5,7-8H,6,13H2,1-3H3. The fourth-order valence-electron chi connectivity index (χ4n) is 1.77. The first-order chi connectivity index (χ1) is 6.96. The molecule has 0 saturated heterocycles. The Morgan fingerprint density at radius 1 is 1.47 bits per heavy atom. The second-order valence-corrected chi connectivity index (χ2v) is 6.19. The molecule has 15 heavy (non-hydrogen) atoms. The molecule has 2 rings (SSSR count). The molecule has 0 aliphatic carbocycles. The van der Waals surface area contributed by atoms with E-state index >= 15 is 0 Å². The highest BCUT2D eigenvalue weighted by Gasteiger charge is 2.30. The summed E-state index contributed by atoms with van der Waals surface area (Å²) in [4.78, 5) is 1.10. The summed E-state index contributed by atoms with van der Waals surface area (Å²) in [7, 11) is 0. The van der Waals surface area contributed by atoms with Gasteiger partial charge in [-0.25, -0.2) is 0 Å². The molecule has 1 aliphatic rings. The molecule has 1 unspecified atom stereocenters. The van der Waals surface area contributed by atoms with Crippen LogP contribution >= 0.6 is 11.8 Å². The molecule has 0 amide bonds. The molecule has 1 atom stereocenters. The van der Waals surface area contributed by atoms with Crippen LogP contribution in [0.4, 0.5) is 0 Å². The minimum atomic E-state index is -0.130. The number of benzene rings is 1. The smallest absolute Gasteiger partial charge is 0.153 e. The molecule has 0 bridgehead atoms. The van der Waals surface area contributed by atoms with Crippen molar-refractivity contribution in [2.45, 2.75) is 43.1 Å². The summed E-state index contributed by atoms with van der Waals surface area (Å²) in [5.74, 6) is 1.00. The van der Waals surface area contributed by atoms with Crippen LogP contribution in [0, 0.1) is 0 Å². The molecular weight excluding hydrogens is 206 g/mol. The predicted molar refractivity (Wildman–Crippen MR) is 64.4 cm³/mol. The maximum absolute atomic E-state index is 5.84. The molecule has 2 N–H and O–H groups in total. The molecule has 1 aliphatic heterocycles. The van der Waals surface area contributed by atoms with Crippen molar-refractivity contribution in [3.8, 4) is 5.75 Å². The summed E-state index contributed by atoms with van der Waals surface area (Å²) >= 11 is 1.77. The van der Waals surface area contributed by atoms with E-state index in [9.17, 15) is 0 Å². The van der Waals surface area contributed by atoms with Crippen LogP contribution in [0.15, 0.2) is 23.1 Å². The van der Waals surface area contributed by atoms with Crippen molar-refractivity contribution in [2.75, 3.05) is 0 Å². The Hall–Kier alpha value is -0.670. The lowest BCUT2D eigenvalue weighted by atomic mass is 10.1. The maximum Gasteiger partial charge on any atom is 0.153 e. The second-order valence-electron chi connectivity index (χ2n) is 4.57. The molecule has 1 aromatic carbocycles. The molecule has 82 valence electrons. The van der Waals surface area contributed by atoms with E-state index in [-0.39, 0.29) is 11.0 Å². The first kappa shape index (κ1) is 10.8. The van der Waals surface area contributed by atoms with Crippen LogP contribution in [0.3, 0.4) is 0 Å². The first-order valence-electron chi connectivity index (χ1n) is 5.23. The van der Waals surface area contributed by atoms with Crippen LogP contribution in [-0.2, 0) is 6.42 Å². The van der Waals surface area contributed by atoms with Gasteiger partial charge in [-0.05, 0) is 44.9 Å². The second kappa shape index (κ2) is 3.72. The van der Waals surface area contributed by atoms with Crippen molar-refractivity contribution in [2.24, 2.45) is 5.73 Å². The minimum absolute atomic E-state index is 0.130. The van der Waals surface area contributed by atoms with Crippen LogP contribution in [0.25, 0.3) is 0 Å². The van der Waals surface area contributed by atoms with Gasteiger partial charge in [-0.15, -0.1) is 0 Å². The fraction of sp³-hybridized carbons (Fsp3) is 0.500. The van der Waals surface area contributed by atoms with Crippen LogP contribution in [0.5, 0.6) is 5.75 Å². The Labute approximate surface area is 95.2 Å². The number of hydrogen-bond donors (Lipinski definition) is 1. The Morgan fingerprint density at radius 3 is 2.87 bits per heavy atom. The van der Waals surface area contributed by atoms with Crippen molar-refractivity contribution in [3.05, 3.63) is 23.8 Å². The molecular formula is C12H17NOS. The quantitative estimate of drug-likeness (QED) is 0.837. The number of fused-ring (bicyclic) bond motifs is 1. The van der Waals surface area contributed by atoms with Gasteiger partial charge >= 0.3 is 0 Å². The lowest BCUT2D eigenvalue weighted by Crippen LogP contribution is -2.18. The first-order valence-corrected chi connectivity index (χ1v) is 6.04. The van der Waals surface area contributed by atoms with Gasteiger partial charge in [0.25, 0.3) is 0 Å². The van der Waals surface area contributed by atoms with Crippen molar-refractivity contribution >= 4 is 11.8 Å². The van der Waals surface area contributed by atoms with Gasteiger partial charge in [0.2, 0.25) is 0 Å². The molecule has 0 radical (unpaired) electrons. The fourth-order valence-corrected chi connectivity index (χ4v) is 2.76. The van der Waals surface area contributed by atoms with E-state index in [1.807, 2.05) is 6.92 Å². The summed E-state index contributed by atoms with van der Waals surface area (Å²) in [6.07, 6.45) is 0.904. The number of hydrogen-bond acceptors (Lipinski definition) is 3. The van der Waals surface area contributed by atoms with E-state index in [1.54, 1.807) is 11.8 Å². The monoisotopic (exact) mass is 223 g/mol. The van der Waals surface area contributed by atoms with Crippen molar-refractivity contribution in [3.63, 3.8) is 0 Å². The van der Waals surface area contributed by atoms with E-state index in [4.69, 9.17) is 10.5 Å². The maximum atomic E-state index is 5.84. The highest BCUT2D eigenvalue weighted by molar-refractivity contribution is 8.00. The number of ether oxygens (including phenoxy) is 1. The van der Waals surface area contributed by atoms with Gasteiger partial charge in [-0.3, -0.25) is 0 Å². The molecule has 0 saturated carbocycles. The predicted octanol–water partition coefficient (Wildman–Crippen LogP) is 2.80. The molecule has 2 nitrogen and oxygen atoms in total. The van der Waals surface area contributed by atoms with E-state index < -0.39 is 0 Å². The summed E-state index contributed by atoms with van der Waals surface area (Å²) in [6.45, 7) is 6.19. The lowest BCUT2D eigenvalue weighted by Gasteiger charge is -2.15. The Bertz CT molecular complexity index is 374. The zero-order valence-corrected chi connectivity index (χ0v) is 10.2. The Balaban J connectivity index is 2.23. The number of rotatable bonds is 2. The van der Waals surface area contributed by atoms with Gasteiger partial charge in [-0.2, -0.15) is 0 Å². The highest BCUT2D eigenvalue weighted by Crippen LogP contribution is 2.47. The summed E-state index contributed by atoms with van der Waals surface area (Å²) in [6, 6.07) is 6.58. The molecule has 1 heterocycles. The SMILES string of the molecule is CC(N)Cc1ccc2c(c1)OC(C)(C)S2. The van der Waals surface area contributed by atoms with Crippen LogP contribution < -0.4 is 10.5 Å². The van der Waals surface area contributed by atoms with Crippen LogP contribution in [0.1, 0.15) is 26.3 Å². The van der Waals surface area contributed by atoms with Gasteiger partial charge < -0.3 is 10.5 Å². The van der Waals surface area contributed by atoms with E-state index in [1.165, 1.54) is 10.5 Å². The molecule has 0 fully saturated rings. The average Bonchev–Trinajstić information content (AvgIpc) is 2.36. The average molecular weight is 223 g/mol. The van der Waals surface area contributed by atoms with E-state index in [0.29, 0.717) is 0 Å². The molecule has 3 heteroatoms. The summed E-state index contributed by atoms with van der Waals surface area (Å²) < 4.78 is 5.84. The van der Waals surface area contributed by atoms with Crippen molar-refractivity contribution in [1.29, 1.82) is 0 Å². The third kappa shape index (κ3) is 2.47. The normalized spacial score (nSPS) is 19.5. The lowest BCUT2D eigenvalue weighted by molar-refractivity contribution is 0.214. The molecule has 1 aromatic rings. The van der Waals surface area contributed by atoms with Gasteiger partial charge in [-0.1, -0.05) is 17.8 Å². The molecule has 0 spiro atoms.